The van der Waals surface area contributed by atoms with E-state index in [9.17, 15) is 9.59 Å². The molecule has 2 unspecified atom stereocenters. The summed E-state index contributed by atoms with van der Waals surface area (Å²) < 4.78 is 4.90. The zero-order valence-electron chi connectivity index (χ0n) is 18.6. The van der Waals surface area contributed by atoms with E-state index in [4.69, 9.17) is 4.74 Å². The lowest BCUT2D eigenvalue weighted by molar-refractivity contribution is -0.142. The molecule has 170 valence electrons. The molecule has 1 aromatic heterocycles. The van der Waals surface area contributed by atoms with Gasteiger partial charge in [0.05, 0.1) is 13.2 Å². The van der Waals surface area contributed by atoms with Crippen LogP contribution in [-0.4, -0.2) is 49.6 Å². The summed E-state index contributed by atoms with van der Waals surface area (Å²) >= 11 is 0. The molecule has 0 aliphatic carbocycles. The van der Waals surface area contributed by atoms with E-state index in [-0.39, 0.29) is 11.9 Å². The number of rotatable bonds is 7. The quantitative estimate of drug-likeness (QED) is 0.546. The Labute approximate surface area is 193 Å². The summed E-state index contributed by atoms with van der Waals surface area (Å²) in [5, 5.41) is 6.27. The van der Waals surface area contributed by atoms with Gasteiger partial charge in [-0.15, -0.1) is 0 Å². The number of pyridine rings is 1. The zero-order valence-corrected chi connectivity index (χ0v) is 18.6. The van der Waals surface area contributed by atoms with Gasteiger partial charge in [0.15, 0.2) is 0 Å². The van der Waals surface area contributed by atoms with Gasteiger partial charge in [0.25, 0.3) is 5.91 Å². The number of hydrogen-bond donors (Lipinski definition) is 2. The van der Waals surface area contributed by atoms with E-state index in [1.165, 1.54) is 12.7 Å². The van der Waals surface area contributed by atoms with Crippen LogP contribution in [-0.2, 0) is 16.0 Å². The van der Waals surface area contributed by atoms with Crippen molar-refractivity contribution in [2.24, 2.45) is 0 Å². The monoisotopic (exact) mass is 444 g/mol. The Bertz CT molecular complexity index is 1060. The van der Waals surface area contributed by atoms with Gasteiger partial charge in [0.1, 0.15) is 6.04 Å². The second kappa shape index (κ2) is 10.7. The fraction of sp³-hybridized carbons (Fsp3) is 0.269. The van der Waals surface area contributed by atoms with Crippen LogP contribution in [0.4, 0.5) is 5.69 Å². The molecule has 7 nitrogen and oxygen atoms in total. The SMILES string of the molecule is COC(=O)C(Cc1ccccc1)NC(=O)c1ccc(N2CCNCC2c2ccncc2)cc1. The van der Waals surface area contributed by atoms with Gasteiger partial charge < -0.3 is 20.3 Å². The maximum absolute atomic E-state index is 12.9. The predicted octanol–water partition coefficient (Wildman–Crippen LogP) is 2.75. The van der Waals surface area contributed by atoms with E-state index in [0.29, 0.717) is 12.0 Å². The van der Waals surface area contributed by atoms with E-state index in [1.807, 2.05) is 67.0 Å². The third-order valence-electron chi connectivity index (χ3n) is 5.87. The van der Waals surface area contributed by atoms with E-state index in [2.05, 4.69) is 20.5 Å². The van der Waals surface area contributed by atoms with Crippen molar-refractivity contribution >= 4 is 17.6 Å². The Kier molecular flexibility index (Phi) is 7.32. The molecule has 3 aromatic rings. The number of methoxy groups -OCH3 is 1. The highest BCUT2D eigenvalue weighted by Gasteiger charge is 2.25. The average Bonchev–Trinajstić information content (AvgIpc) is 2.89. The van der Waals surface area contributed by atoms with Crippen LogP contribution >= 0.6 is 0 Å². The van der Waals surface area contributed by atoms with Crippen molar-refractivity contribution in [3.8, 4) is 0 Å². The molecular formula is C26H28N4O3. The Hall–Kier alpha value is -3.71. The molecular weight excluding hydrogens is 416 g/mol. The third kappa shape index (κ3) is 5.56. The number of aromatic nitrogens is 1. The molecule has 0 saturated carbocycles. The van der Waals surface area contributed by atoms with E-state index < -0.39 is 12.0 Å². The van der Waals surface area contributed by atoms with Gasteiger partial charge in [-0.05, 0) is 47.5 Å². The summed E-state index contributed by atoms with van der Waals surface area (Å²) in [4.78, 5) is 31.6. The molecule has 2 atom stereocenters. The van der Waals surface area contributed by atoms with Crippen molar-refractivity contribution in [1.29, 1.82) is 0 Å². The van der Waals surface area contributed by atoms with Gasteiger partial charge in [-0.1, -0.05) is 30.3 Å². The van der Waals surface area contributed by atoms with E-state index in [1.54, 1.807) is 12.1 Å². The molecule has 0 spiro atoms. The molecule has 0 radical (unpaired) electrons. The average molecular weight is 445 g/mol. The first-order chi connectivity index (χ1) is 16.2. The van der Waals surface area contributed by atoms with Crippen LogP contribution in [0.5, 0.6) is 0 Å². The Morgan fingerprint density at radius 2 is 1.82 bits per heavy atom. The number of amides is 1. The van der Waals surface area contributed by atoms with Crippen molar-refractivity contribution in [2.45, 2.75) is 18.5 Å². The van der Waals surface area contributed by atoms with Crippen LogP contribution in [0.3, 0.4) is 0 Å². The smallest absolute Gasteiger partial charge is 0.328 e. The fourth-order valence-electron chi connectivity index (χ4n) is 4.13. The second-order valence-electron chi connectivity index (χ2n) is 7.98. The lowest BCUT2D eigenvalue weighted by atomic mass is 10.0. The molecule has 2 heterocycles. The summed E-state index contributed by atoms with van der Waals surface area (Å²) in [7, 11) is 1.33. The molecule has 33 heavy (non-hydrogen) atoms. The van der Waals surface area contributed by atoms with Crippen molar-refractivity contribution in [2.75, 3.05) is 31.6 Å². The van der Waals surface area contributed by atoms with Gasteiger partial charge in [-0.25, -0.2) is 4.79 Å². The minimum Gasteiger partial charge on any atom is -0.467 e. The summed E-state index contributed by atoms with van der Waals surface area (Å²) in [6.45, 7) is 2.59. The number of anilines is 1. The molecule has 4 rings (SSSR count). The fourth-order valence-corrected chi connectivity index (χ4v) is 4.13. The van der Waals surface area contributed by atoms with E-state index in [0.717, 1.165) is 30.9 Å². The van der Waals surface area contributed by atoms with Crippen LogP contribution in [0.1, 0.15) is 27.5 Å². The number of carbonyl (C=O) groups excluding carboxylic acids is 2. The normalized spacial score (nSPS) is 16.6. The number of ether oxygens (including phenoxy) is 1. The minimum absolute atomic E-state index is 0.191. The molecule has 2 aromatic carbocycles. The van der Waals surface area contributed by atoms with Gasteiger partial charge in [-0.2, -0.15) is 0 Å². The number of nitrogens with one attached hydrogen (secondary N) is 2. The molecule has 1 saturated heterocycles. The second-order valence-corrected chi connectivity index (χ2v) is 7.98. The number of carbonyl (C=O) groups is 2. The molecule has 1 fully saturated rings. The van der Waals surface area contributed by atoms with Crippen LogP contribution in [0.2, 0.25) is 0 Å². The first kappa shape index (κ1) is 22.5. The lowest BCUT2D eigenvalue weighted by Crippen LogP contribution is -2.46. The number of benzene rings is 2. The first-order valence-electron chi connectivity index (χ1n) is 11.1. The van der Waals surface area contributed by atoms with Gasteiger partial charge in [-0.3, -0.25) is 9.78 Å². The highest BCUT2D eigenvalue weighted by Crippen LogP contribution is 2.28. The van der Waals surface area contributed by atoms with E-state index >= 15 is 0 Å². The van der Waals surface area contributed by atoms with Gasteiger partial charge in [0.2, 0.25) is 0 Å². The minimum atomic E-state index is -0.756. The Morgan fingerprint density at radius 3 is 2.52 bits per heavy atom. The van der Waals surface area contributed by atoms with Crippen LogP contribution < -0.4 is 15.5 Å². The first-order valence-corrected chi connectivity index (χ1v) is 11.1. The molecule has 1 aliphatic heterocycles. The summed E-state index contributed by atoms with van der Waals surface area (Å²) in [5.74, 6) is -0.774. The summed E-state index contributed by atoms with van der Waals surface area (Å²) in [5.41, 5.74) is 3.69. The molecule has 0 bridgehead atoms. The number of hydrogen-bond acceptors (Lipinski definition) is 6. The number of piperazine rings is 1. The largest absolute Gasteiger partial charge is 0.467 e. The number of nitrogens with zero attached hydrogens (tertiary/aromatic N) is 2. The van der Waals surface area contributed by atoms with Crippen LogP contribution in [0.25, 0.3) is 0 Å². The highest BCUT2D eigenvalue weighted by molar-refractivity contribution is 5.97. The summed E-state index contributed by atoms with van der Waals surface area (Å²) in [6.07, 6.45) is 3.98. The maximum Gasteiger partial charge on any atom is 0.328 e. The van der Waals surface area contributed by atoms with Crippen molar-refractivity contribution in [3.63, 3.8) is 0 Å². The molecule has 2 N–H and O–H groups in total. The highest BCUT2D eigenvalue weighted by atomic mass is 16.5. The van der Waals surface area contributed by atoms with Crippen molar-refractivity contribution in [3.05, 3.63) is 95.8 Å². The van der Waals surface area contributed by atoms with Crippen LogP contribution in [0, 0.1) is 0 Å². The number of esters is 1. The topological polar surface area (TPSA) is 83.6 Å². The van der Waals surface area contributed by atoms with Crippen LogP contribution in [0.15, 0.2) is 79.1 Å². The maximum atomic E-state index is 12.9. The summed E-state index contributed by atoms with van der Waals surface area (Å²) in [6, 6.07) is 20.6. The standard InChI is InChI=1S/C26H28N4O3/c1-33-26(32)23(17-19-5-3-2-4-6-19)29-25(31)21-7-9-22(10-8-21)30-16-15-28-18-24(30)20-11-13-27-14-12-20/h2-14,23-24,28H,15-18H2,1H3,(H,29,31). The third-order valence-corrected chi connectivity index (χ3v) is 5.87. The van der Waals surface area contributed by atoms with Gasteiger partial charge in [0, 0.05) is 49.7 Å². The zero-order chi connectivity index (χ0) is 23.0. The Balaban J connectivity index is 1.47. The Morgan fingerprint density at radius 1 is 1.09 bits per heavy atom. The molecule has 1 amide bonds. The predicted molar refractivity (Wildman–Crippen MR) is 127 cm³/mol. The van der Waals surface area contributed by atoms with Gasteiger partial charge >= 0.3 is 5.97 Å². The van der Waals surface area contributed by atoms with Crippen molar-refractivity contribution < 1.29 is 14.3 Å². The molecule has 1 aliphatic rings. The van der Waals surface area contributed by atoms with Crippen molar-refractivity contribution in [1.82, 2.24) is 15.6 Å². The molecule has 7 heteroatoms. The lowest BCUT2D eigenvalue weighted by Gasteiger charge is -2.38.